The molecule has 4 N–H and O–H groups in total. The number of nitrogens with zero attached hydrogens (tertiary/aromatic N) is 3. The van der Waals surface area contributed by atoms with Crippen molar-refractivity contribution in [3.63, 3.8) is 0 Å². The lowest BCUT2D eigenvalue weighted by molar-refractivity contribution is -0.696. The van der Waals surface area contributed by atoms with Crippen LogP contribution in [0.2, 0.25) is 5.02 Å². The first-order valence-corrected chi connectivity index (χ1v) is 11.8. The van der Waals surface area contributed by atoms with Crippen LogP contribution in [0.3, 0.4) is 0 Å². The predicted molar refractivity (Wildman–Crippen MR) is 128 cm³/mol. The minimum atomic E-state index is -4.57. The van der Waals surface area contributed by atoms with E-state index in [2.05, 4.69) is 15.3 Å². The first-order valence-electron chi connectivity index (χ1n) is 10.6. The van der Waals surface area contributed by atoms with Crippen molar-refractivity contribution in [2.24, 2.45) is 5.92 Å². The van der Waals surface area contributed by atoms with Crippen molar-refractivity contribution in [2.45, 2.75) is 19.3 Å². The van der Waals surface area contributed by atoms with Gasteiger partial charge in [-0.2, -0.15) is 22.3 Å². The standard InChI is InChI=1S/C22H19ClF3N5O4S/c23-14-3-1-12(2-4-14)8-30-19(29-20(34)31(21(30)35)9-13(10-32)11-33)27-15-5-6-16-17(7-15)36-18(28-16)22(24,25)26/h1-7,13,32-33H,8-11H2,(H,27,29,34)/p+1. The second-order valence-corrected chi connectivity index (χ2v) is 9.41. The van der Waals surface area contributed by atoms with E-state index in [1.165, 1.54) is 22.8 Å². The van der Waals surface area contributed by atoms with E-state index in [0.29, 0.717) is 27.6 Å². The van der Waals surface area contributed by atoms with Gasteiger partial charge in [0.2, 0.25) is 0 Å². The van der Waals surface area contributed by atoms with Crippen LogP contribution in [0.15, 0.2) is 52.1 Å². The molecule has 0 atom stereocenters. The van der Waals surface area contributed by atoms with Crippen LogP contribution in [-0.2, 0) is 19.3 Å². The normalized spacial score (nSPS) is 12.0. The number of anilines is 2. The Morgan fingerprint density at radius 2 is 1.83 bits per heavy atom. The molecule has 190 valence electrons. The number of thiazole rings is 1. The molecular formula is C22H20ClF3N5O4S+. The van der Waals surface area contributed by atoms with Crippen LogP contribution in [0.1, 0.15) is 10.6 Å². The third kappa shape index (κ3) is 5.59. The summed E-state index contributed by atoms with van der Waals surface area (Å²) in [4.78, 5) is 32.2. The zero-order valence-corrected chi connectivity index (χ0v) is 20.0. The van der Waals surface area contributed by atoms with Crippen LogP contribution in [0.4, 0.5) is 24.8 Å². The lowest BCUT2D eigenvalue weighted by atomic mass is 10.2. The Morgan fingerprint density at radius 1 is 1.14 bits per heavy atom. The quantitative estimate of drug-likeness (QED) is 0.254. The summed E-state index contributed by atoms with van der Waals surface area (Å²) in [6.07, 6.45) is -4.57. The summed E-state index contributed by atoms with van der Waals surface area (Å²) < 4.78 is 41.5. The molecule has 0 fully saturated rings. The van der Waals surface area contributed by atoms with Gasteiger partial charge in [-0.05, 0) is 35.9 Å². The van der Waals surface area contributed by atoms with Gasteiger partial charge >= 0.3 is 23.5 Å². The van der Waals surface area contributed by atoms with Gasteiger partial charge in [0.05, 0.1) is 42.2 Å². The second-order valence-electron chi connectivity index (χ2n) is 7.94. The lowest BCUT2D eigenvalue weighted by Gasteiger charge is -2.13. The van der Waals surface area contributed by atoms with Gasteiger partial charge in [-0.15, -0.1) is 11.3 Å². The number of nitrogens with one attached hydrogen (secondary N) is 2. The highest BCUT2D eigenvalue weighted by Gasteiger charge is 2.35. The summed E-state index contributed by atoms with van der Waals surface area (Å²) in [6, 6.07) is 11.0. The van der Waals surface area contributed by atoms with E-state index < -0.39 is 41.7 Å². The van der Waals surface area contributed by atoms with E-state index in [4.69, 9.17) is 11.6 Å². The molecule has 0 saturated carbocycles. The average Bonchev–Trinajstić information content (AvgIpc) is 3.27. The van der Waals surface area contributed by atoms with Gasteiger partial charge in [0.25, 0.3) is 0 Å². The van der Waals surface area contributed by atoms with Gasteiger partial charge in [0.1, 0.15) is 0 Å². The van der Waals surface area contributed by atoms with E-state index >= 15 is 0 Å². The molecule has 0 saturated heterocycles. The molecule has 9 nitrogen and oxygen atoms in total. The molecule has 0 bridgehead atoms. The Morgan fingerprint density at radius 3 is 2.47 bits per heavy atom. The molecule has 0 aliphatic rings. The maximum Gasteiger partial charge on any atom is 0.443 e. The summed E-state index contributed by atoms with van der Waals surface area (Å²) in [5, 5.41) is 21.2. The molecule has 0 aliphatic carbocycles. The number of aromatic amines is 1. The molecular weight excluding hydrogens is 523 g/mol. The van der Waals surface area contributed by atoms with Crippen molar-refractivity contribution < 1.29 is 28.0 Å². The summed E-state index contributed by atoms with van der Waals surface area (Å²) in [7, 11) is 0. The number of halogens is 4. The number of alkyl halides is 3. The van der Waals surface area contributed by atoms with Crippen LogP contribution in [0.25, 0.3) is 10.2 Å². The minimum absolute atomic E-state index is 0.0130. The van der Waals surface area contributed by atoms with Crippen molar-refractivity contribution >= 4 is 44.8 Å². The monoisotopic (exact) mass is 542 g/mol. The molecule has 0 spiro atoms. The van der Waals surface area contributed by atoms with Crippen molar-refractivity contribution in [1.82, 2.24) is 14.5 Å². The molecule has 0 radical (unpaired) electrons. The molecule has 4 rings (SSSR count). The fourth-order valence-corrected chi connectivity index (χ4v) is 4.43. The van der Waals surface area contributed by atoms with Crippen molar-refractivity contribution in [1.29, 1.82) is 0 Å². The zero-order chi connectivity index (χ0) is 26.0. The largest absolute Gasteiger partial charge is 0.443 e. The van der Waals surface area contributed by atoms with Crippen LogP contribution >= 0.6 is 22.9 Å². The number of fused-ring (bicyclic) bond motifs is 1. The number of aliphatic hydroxyl groups is 2. The third-order valence-electron chi connectivity index (χ3n) is 5.31. The van der Waals surface area contributed by atoms with Crippen molar-refractivity contribution in [2.75, 3.05) is 18.5 Å². The van der Waals surface area contributed by atoms with E-state index in [0.717, 1.165) is 4.57 Å². The number of aromatic nitrogens is 4. The van der Waals surface area contributed by atoms with E-state index in [9.17, 15) is 33.0 Å². The molecule has 0 amide bonds. The van der Waals surface area contributed by atoms with Crippen LogP contribution in [0, 0.1) is 5.92 Å². The molecule has 2 heterocycles. The predicted octanol–water partition coefficient (Wildman–Crippen LogP) is 2.50. The number of rotatable bonds is 8. The topological polar surface area (TPSA) is 124 Å². The molecule has 14 heteroatoms. The second kappa shape index (κ2) is 10.4. The summed E-state index contributed by atoms with van der Waals surface area (Å²) >= 11 is 6.42. The van der Waals surface area contributed by atoms with Crippen molar-refractivity contribution in [3.05, 3.63) is 79.0 Å². The Labute approximate surface area is 210 Å². The van der Waals surface area contributed by atoms with Gasteiger partial charge in [0, 0.05) is 10.9 Å². The smallest absolute Gasteiger partial charge is 0.396 e. The Kier molecular flexibility index (Phi) is 7.45. The fraction of sp³-hybridized carbons (Fsp3) is 0.273. The van der Waals surface area contributed by atoms with Gasteiger partial charge in [-0.1, -0.05) is 23.7 Å². The molecule has 4 aromatic rings. The number of aliphatic hydroxyl groups excluding tert-OH is 2. The van der Waals surface area contributed by atoms with Gasteiger partial charge < -0.3 is 10.2 Å². The average molecular weight is 543 g/mol. The fourth-order valence-electron chi connectivity index (χ4n) is 3.44. The summed E-state index contributed by atoms with van der Waals surface area (Å²) in [6.45, 7) is -1.09. The summed E-state index contributed by atoms with van der Waals surface area (Å²) in [5.41, 5.74) is -0.353. The van der Waals surface area contributed by atoms with Gasteiger partial charge in [0.15, 0.2) is 5.01 Å². The highest BCUT2D eigenvalue weighted by atomic mass is 35.5. The highest BCUT2D eigenvalue weighted by Crippen LogP contribution is 2.36. The van der Waals surface area contributed by atoms with Crippen LogP contribution in [0.5, 0.6) is 0 Å². The maximum absolute atomic E-state index is 13.3. The van der Waals surface area contributed by atoms with Crippen LogP contribution in [-0.4, -0.2) is 38.0 Å². The third-order valence-corrected chi connectivity index (χ3v) is 6.62. The molecule has 36 heavy (non-hydrogen) atoms. The Hall–Kier alpha value is -3.26. The van der Waals surface area contributed by atoms with E-state index in [1.54, 1.807) is 24.3 Å². The number of hydrogen-bond donors (Lipinski definition) is 4. The van der Waals surface area contributed by atoms with Gasteiger partial charge in [-0.3, -0.25) is 5.32 Å². The molecule has 2 aromatic carbocycles. The number of H-pyrrole nitrogens is 1. The van der Waals surface area contributed by atoms with Crippen LogP contribution < -0.4 is 21.3 Å². The minimum Gasteiger partial charge on any atom is -0.396 e. The maximum atomic E-state index is 13.3. The van der Waals surface area contributed by atoms with Gasteiger partial charge in [-0.25, -0.2) is 19.6 Å². The highest BCUT2D eigenvalue weighted by molar-refractivity contribution is 7.18. The van der Waals surface area contributed by atoms with E-state index in [1.807, 2.05) is 0 Å². The summed E-state index contributed by atoms with van der Waals surface area (Å²) in [5.74, 6) is -0.746. The number of benzene rings is 2. The molecule has 0 unspecified atom stereocenters. The zero-order valence-electron chi connectivity index (χ0n) is 18.4. The SMILES string of the molecule is O=c1[nH]c(Nc2ccc3nc(C(F)(F)F)sc3c2)[n+](Cc2ccc(Cl)cc2)c(=O)n1CC(CO)CO. The molecule has 0 aliphatic heterocycles. The molecule has 2 aromatic heterocycles. The Balaban J connectivity index is 1.77. The number of hydrogen-bond acceptors (Lipinski definition) is 7. The first-order chi connectivity index (χ1) is 17.1. The Bertz CT molecular complexity index is 1500. The lowest BCUT2D eigenvalue weighted by Crippen LogP contribution is -2.61. The van der Waals surface area contributed by atoms with Crippen molar-refractivity contribution in [3.8, 4) is 0 Å². The first kappa shape index (κ1) is 25.8. The van der Waals surface area contributed by atoms with E-state index in [-0.39, 0.29) is 29.3 Å².